The van der Waals surface area contributed by atoms with Crippen LogP contribution in [0.3, 0.4) is 0 Å². The van der Waals surface area contributed by atoms with Gasteiger partial charge in [0, 0.05) is 36.4 Å². The molecule has 0 radical (unpaired) electrons. The SMILES string of the molecule is CCN(CC)CCNc1ccc([N+](=O)[O-])c2ncccc12. The molecule has 0 atom stereocenters. The Kier molecular flexibility index (Phi) is 5.05. The molecule has 1 heterocycles. The van der Waals surface area contributed by atoms with Crippen LogP contribution in [0.2, 0.25) is 0 Å². The Hall–Kier alpha value is -2.21. The molecule has 0 aliphatic heterocycles. The molecule has 0 aliphatic carbocycles. The second-order valence-corrected chi connectivity index (χ2v) is 4.74. The second-order valence-electron chi connectivity index (χ2n) is 4.74. The summed E-state index contributed by atoms with van der Waals surface area (Å²) in [5, 5.41) is 15.2. The van der Waals surface area contributed by atoms with Crippen molar-refractivity contribution < 1.29 is 4.92 Å². The first-order valence-electron chi connectivity index (χ1n) is 7.15. The van der Waals surface area contributed by atoms with Crippen LogP contribution in [0, 0.1) is 10.1 Å². The van der Waals surface area contributed by atoms with Crippen molar-refractivity contribution in [2.24, 2.45) is 0 Å². The summed E-state index contributed by atoms with van der Waals surface area (Å²) >= 11 is 0. The Bertz CT molecular complexity index is 626. The molecule has 2 rings (SSSR count). The summed E-state index contributed by atoms with van der Waals surface area (Å²) in [7, 11) is 0. The van der Waals surface area contributed by atoms with E-state index in [4.69, 9.17) is 0 Å². The van der Waals surface area contributed by atoms with Gasteiger partial charge in [0.25, 0.3) is 5.69 Å². The molecule has 0 bridgehead atoms. The van der Waals surface area contributed by atoms with Gasteiger partial charge in [-0.3, -0.25) is 10.1 Å². The fourth-order valence-electron chi connectivity index (χ4n) is 2.35. The molecule has 2 aromatic rings. The zero-order chi connectivity index (χ0) is 15.2. The Balaban J connectivity index is 2.21. The lowest BCUT2D eigenvalue weighted by Crippen LogP contribution is -2.28. The molecule has 0 saturated carbocycles. The van der Waals surface area contributed by atoms with Gasteiger partial charge in [0.05, 0.1) is 4.92 Å². The van der Waals surface area contributed by atoms with Gasteiger partial charge < -0.3 is 10.2 Å². The minimum absolute atomic E-state index is 0.0416. The Labute approximate surface area is 123 Å². The number of nitro benzene ring substituents is 1. The third-order valence-electron chi connectivity index (χ3n) is 3.58. The first-order valence-corrected chi connectivity index (χ1v) is 7.15. The third-order valence-corrected chi connectivity index (χ3v) is 3.58. The highest BCUT2D eigenvalue weighted by atomic mass is 16.6. The lowest BCUT2D eigenvalue weighted by atomic mass is 10.1. The molecule has 0 spiro atoms. The van der Waals surface area contributed by atoms with E-state index >= 15 is 0 Å². The van der Waals surface area contributed by atoms with Crippen LogP contribution in [0.1, 0.15) is 13.8 Å². The molecule has 21 heavy (non-hydrogen) atoms. The maximum Gasteiger partial charge on any atom is 0.295 e. The standard InChI is InChI=1S/C15H20N4O2/c1-3-18(4-2)11-10-16-13-7-8-14(19(20)21)15-12(13)6-5-9-17-15/h5-9,16H,3-4,10-11H2,1-2H3. The number of pyridine rings is 1. The zero-order valence-corrected chi connectivity index (χ0v) is 12.4. The van der Waals surface area contributed by atoms with Crippen molar-refractivity contribution in [1.29, 1.82) is 0 Å². The molecule has 0 aliphatic rings. The van der Waals surface area contributed by atoms with Gasteiger partial charge in [-0.1, -0.05) is 13.8 Å². The lowest BCUT2D eigenvalue weighted by molar-refractivity contribution is -0.383. The normalized spacial score (nSPS) is 11.0. The molecular weight excluding hydrogens is 268 g/mol. The van der Waals surface area contributed by atoms with E-state index in [9.17, 15) is 10.1 Å². The van der Waals surface area contributed by atoms with Crippen LogP contribution in [0.25, 0.3) is 10.9 Å². The highest BCUT2D eigenvalue weighted by molar-refractivity contribution is 5.96. The molecule has 1 N–H and O–H groups in total. The van der Waals surface area contributed by atoms with E-state index in [-0.39, 0.29) is 5.69 Å². The van der Waals surface area contributed by atoms with E-state index in [1.807, 2.05) is 6.07 Å². The van der Waals surface area contributed by atoms with Gasteiger partial charge in [-0.05, 0) is 31.3 Å². The fourth-order valence-corrected chi connectivity index (χ4v) is 2.35. The van der Waals surface area contributed by atoms with Crippen molar-refractivity contribution in [3.8, 4) is 0 Å². The largest absolute Gasteiger partial charge is 0.383 e. The van der Waals surface area contributed by atoms with Crippen molar-refractivity contribution >= 4 is 22.3 Å². The van der Waals surface area contributed by atoms with Gasteiger partial charge in [-0.15, -0.1) is 0 Å². The van der Waals surface area contributed by atoms with Crippen molar-refractivity contribution in [2.45, 2.75) is 13.8 Å². The molecule has 1 aromatic heterocycles. The number of nitrogens with one attached hydrogen (secondary N) is 1. The topological polar surface area (TPSA) is 71.3 Å². The number of benzene rings is 1. The van der Waals surface area contributed by atoms with Gasteiger partial charge in [-0.25, -0.2) is 4.98 Å². The third kappa shape index (κ3) is 3.46. The van der Waals surface area contributed by atoms with E-state index in [2.05, 4.69) is 29.0 Å². The molecule has 0 fully saturated rings. The summed E-state index contributed by atoms with van der Waals surface area (Å²) in [6.07, 6.45) is 1.58. The van der Waals surface area contributed by atoms with Crippen LogP contribution in [-0.4, -0.2) is 41.0 Å². The number of hydrogen-bond acceptors (Lipinski definition) is 5. The van der Waals surface area contributed by atoms with E-state index < -0.39 is 4.92 Å². The van der Waals surface area contributed by atoms with Crippen LogP contribution in [0.15, 0.2) is 30.5 Å². The maximum absolute atomic E-state index is 11.0. The van der Waals surface area contributed by atoms with Gasteiger partial charge in [0.15, 0.2) is 0 Å². The zero-order valence-electron chi connectivity index (χ0n) is 12.4. The average molecular weight is 288 g/mol. The average Bonchev–Trinajstić information content (AvgIpc) is 2.51. The Morgan fingerprint density at radius 3 is 2.71 bits per heavy atom. The minimum Gasteiger partial charge on any atom is -0.383 e. The first kappa shape index (κ1) is 15.2. The summed E-state index contributed by atoms with van der Waals surface area (Å²) in [4.78, 5) is 17.1. The number of anilines is 1. The van der Waals surface area contributed by atoms with E-state index in [0.29, 0.717) is 5.52 Å². The molecule has 0 saturated heterocycles. The summed E-state index contributed by atoms with van der Waals surface area (Å²) in [6, 6.07) is 6.91. The van der Waals surface area contributed by atoms with Crippen LogP contribution >= 0.6 is 0 Å². The fraction of sp³-hybridized carbons (Fsp3) is 0.400. The number of fused-ring (bicyclic) bond motifs is 1. The van der Waals surface area contributed by atoms with Crippen molar-refractivity contribution in [1.82, 2.24) is 9.88 Å². The van der Waals surface area contributed by atoms with Crippen molar-refractivity contribution in [2.75, 3.05) is 31.5 Å². The van der Waals surface area contributed by atoms with Gasteiger partial charge in [-0.2, -0.15) is 0 Å². The Morgan fingerprint density at radius 2 is 2.05 bits per heavy atom. The van der Waals surface area contributed by atoms with Gasteiger partial charge in [0.2, 0.25) is 0 Å². The van der Waals surface area contributed by atoms with Crippen molar-refractivity contribution in [3.63, 3.8) is 0 Å². The quantitative estimate of drug-likeness (QED) is 0.626. The van der Waals surface area contributed by atoms with Crippen LogP contribution in [0.4, 0.5) is 11.4 Å². The molecule has 0 amide bonds. The highest BCUT2D eigenvalue weighted by Crippen LogP contribution is 2.29. The molecule has 1 aromatic carbocycles. The monoisotopic (exact) mass is 288 g/mol. The summed E-state index contributed by atoms with van der Waals surface area (Å²) in [5.41, 5.74) is 1.35. The van der Waals surface area contributed by atoms with Gasteiger partial charge >= 0.3 is 0 Å². The Morgan fingerprint density at radius 1 is 1.29 bits per heavy atom. The first-order chi connectivity index (χ1) is 10.2. The van der Waals surface area contributed by atoms with E-state index in [1.165, 1.54) is 6.07 Å². The molecular formula is C15H20N4O2. The lowest BCUT2D eigenvalue weighted by Gasteiger charge is -2.18. The summed E-state index contributed by atoms with van der Waals surface area (Å²) in [6.45, 7) is 8.03. The highest BCUT2D eigenvalue weighted by Gasteiger charge is 2.15. The minimum atomic E-state index is -0.394. The van der Waals surface area contributed by atoms with E-state index in [0.717, 1.165) is 37.3 Å². The number of aromatic nitrogens is 1. The summed E-state index contributed by atoms with van der Waals surface area (Å²) < 4.78 is 0. The molecule has 6 nitrogen and oxygen atoms in total. The number of rotatable bonds is 7. The predicted octanol–water partition coefficient (Wildman–Crippen LogP) is 2.90. The van der Waals surface area contributed by atoms with Crippen LogP contribution in [-0.2, 0) is 0 Å². The smallest absolute Gasteiger partial charge is 0.295 e. The number of nitrogens with zero attached hydrogens (tertiary/aromatic N) is 3. The predicted molar refractivity (Wildman–Crippen MR) is 84.7 cm³/mol. The van der Waals surface area contributed by atoms with Crippen molar-refractivity contribution in [3.05, 3.63) is 40.6 Å². The second kappa shape index (κ2) is 6.99. The number of non-ortho nitro benzene ring substituents is 1. The number of nitro groups is 1. The summed E-state index contributed by atoms with van der Waals surface area (Å²) in [5.74, 6) is 0. The van der Waals surface area contributed by atoms with E-state index in [1.54, 1.807) is 18.3 Å². The number of hydrogen-bond donors (Lipinski definition) is 1. The van der Waals surface area contributed by atoms with Crippen LogP contribution in [0.5, 0.6) is 0 Å². The molecule has 112 valence electrons. The van der Waals surface area contributed by atoms with Gasteiger partial charge in [0.1, 0.15) is 5.52 Å². The molecule has 6 heteroatoms. The van der Waals surface area contributed by atoms with Crippen LogP contribution < -0.4 is 5.32 Å². The number of likely N-dealkylation sites (N-methyl/N-ethyl adjacent to an activating group) is 1. The molecule has 0 unspecified atom stereocenters. The maximum atomic E-state index is 11.0.